The van der Waals surface area contributed by atoms with Gasteiger partial charge in [-0.25, -0.2) is 13.2 Å². The summed E-state index contributed by atoms with van der Waals surface area (Å²) in [4.78, 5) is 37.2. The molecule has 2 aliphatic rings. The van der Waals surface area contributed by atoms with Crippen LogP contribution in [0.3, 0.4) is 0 Å². The van der Waals surface area contributed by atoms with Gasteiger partial charge in [0.1, 0.15) is 11.4 Å². The van der Waals surface area contributed by atoms with Gasteiger partial charge in [0, 0.05) is 31.2 Å². The number of methoxy groups -OCH3 is 1. The molecule has 4 rings (SSSR count). The Bertz CT molecular complexity index is 1200. The number of pyridine rings is 1. The van der Waals surface area contributed by atoms with Gasteiger partial charge in [-0.3, -0.25) is 14.3 Å². The molecule has 2 bridgehead atoms. The molecular formula is C20H21N3O7S. The zero-order valence-corrected chi connectivity index (χ0v) is 17.5. The zero-order chi connectivity index (χ0) is 22.3. The maximum atomic E-state index is 13.0. The SMILES string of the molecule is COc1ccc(S(=O)(=O)Nc2ccc3n(c2=O)CC2CC3CN(C(=O)C(=O)O)C2)cc1. The van der Waals surface area contributed by atoms with Gasteiger partial charge in [-0.2, -0.15) is 0 Å². The fourth-order valence-electron chi connectivity index (χ4n) is 4.28. The van der Waals surface area contributed by atoms with Crippen molar-refractivity contribution in [2.45, 2.75) is 23.8 Å². The second kappa shape index (κ2) is 7.73. The largest absolute Gasteiger partial charge is 0.497 e. The predicted octanol–water partition coefficient (Wildman–Crippen LogP) is 0.688. The van der Waals surface area contributed by atoms with Crippen molar-refractivity contribution in [3.63, 3.8) is 0 Å². The first-order valence-corrected chi connectivity index (χ1v) is 11.1. The summed E-state index contributed by atoms with van der Waals surface area (Å²) in [7, 11) is -2.50. The Morgan fingerprint density at radius 3 is 2.45 bits per heavy atom. The fourth-order valence-corrected chi connectivity index (χ4v) is 5.34. The number of carboxylic acids is 1. The van der Waals surface area contributed by atoms with Gasteiger partial charge >= 0.3 is 11.9 Å². The number of aromatic nitrogens is 1. The Kier molecular flexibility index (Phi) is 5.21. The van der Waals surface area contributed by atoms with Crippen molar-refractivity contribution in [1.82, 2.24) is 9.47 Å². The van der Waals surface area contributed by atoms with Crippen LogP contribution < -0.4 is 15.0 Å². The van der Waals surface area contributed by atoms with Crippen molar-refractivity contribution in [3.8, 4) is 5.75 Å². The summed E-state index contributed by atoms with van der Waals surface area (Å²) >= 11 is 0. The number of fused-ring (bicyclic) bond motifs is 4. The number of carbonyl (C=O) groups is 2. The van der Waals surface area contributed by atoms with Crippen LogP contribution in [-0.4, -0.2) is 55.1 Å². The average Bonchev–Trinajstić information content (AvgIpc) is 2.75. The molecule has 11 heteroatoms. The number of likely N-dealkylation sites (tertiary alicyclic amines) is 1. The first-order chi connectivity index (χ1) is 14.7. The number of anilines is 1. The van der Waals surface area contributed by atoms with E-state index in [1.807, 2.05) is 0 Å². The smallest absolute Gasteiger partial charge is 0.394 e. The highest BCUT2D eigenvalue weighted by Crippen LogP contribution is 2.35. The number of hydrogen-bond acceptors (Lipinski definition) is 6. The predicted molar refractivity (Wildman–Crippen MR) is 110 cm³/mol. The Hall–Kier alpha value is -3.34. The Labute approximate surface area is 178 Å². The summed E-state index contributed by atoms with van der Waals surface area (Å²) in [6.45, 7) is 0.736. The maximum absolute atomic E-state index is 13.0. The minimum Gasteiger partial charge on any atom is -0.497 e. The van der Waals surface area contributed by atoms with E-state index in [1.165, 1.54) is 46.9 Å². The van der Waals surface area contributed by atoms with Crippen LogP contribution in [0.1, 0.15) is 18.0 Å². The molecule has 3 heterocycles. The van der Waals surface area contributed by atoms with Crippen LogP contribution in [0.15, 0.2) is 46.1 Å². The van der Waals surface area contributed by atoms with Crippen LogP contribution in [0.25, 0.3) is 0 Å². The summed E-state index contributed by atoms with van der Waals surface area (Å²) in [5, 5.41) is 8.99. The Morgan fingerprint density at radius 1 is 1.10 bits per heavy atom. The van der Waals surface area contributed by atoms with Gasteiger partial charge in [-0.05, 0) is 48.7 Å². The normalized spacial score (nSPS) is 20.0. The number of hydrogen-bond donors (Lipinski definition) is 2. The van der Waals surface area contributed by atoms with Crippen molar-refractivity contribution in [2.24, 2.45) is 5.92 Å². The van der Waals surface area contributed by atoms with Crippen LogP contribution in [0.4, 0.5) is 5.69 Å². The van der Waals surface area contributed by atoms with E-state index in [0.717, 1.165) is 6.42 Å². The third-order valence-electron chi connectivity index (χ3n) is 5.69. The molecule has 2 N–H and O–H groups in total. The lowest BCUT2D eigenvalue weighted by Gasteiger charge is -2.42. The molecule has 2 unspecified atom stereocenters. The molecule has 0 saturated carbocycles. The average molecular weight is 447 g/mol. The molecule has 1 fully saturated rings. The first kappa shape index (κ1) is 20.9. The van der Waals surface area contributed by atoms with E-state index in [4.69, 9.17) is 9.84 Å². The highest BCUT2D eigenvalue weighted by atomic mass is 32.2. The summed E-state index contributed by atoms with van der Waals surface area (Å²) in [5.41, 5.74) is 0.122. The van der Waals surface area contributed by atoms with E-state index in [0.29, 0.717) is 11.4 Å². The molecule has 1 amide bonds. The van der Waals surface area contributed by atoms with Gasteiger partial charge in [0.2, 0.25) is 0 Å². The number of carboxylic acid groups (broad SMARTS) is 1. The summed E-state index contributed by atoms with van der Waals surface area (Å²) in [5.74, 6) is -2.21. The van der Waals surface area contributed by atoms with E-state index in [2.05, 4.69) is 4.72 Å². The summed E-state index contributed by atoms with van der Waals surface area (Å²) in [6.07, 6.45) is 0.736. The number of nitrogens with zero attached hydrogens (tertiary/aromatic N) is 2. The van der Waals surface area contributed by atoms with Crippen molar-refractivity contribution in [1.29, 1.82) is 0 Å². The summed E-state index contributed by atoms with van der Waals surface area (Å²) in [6, 6.07) is 8.86. The molecular weight excluding hydrogens is 426 g/mol. The van der Waals surface area contributed by atoms with Crippen molar-refractivity contribution in [2.75, 3.05) is 24.9 Å². The molecule has 0 radical (unpaired) electrons. The van der Waals surface area contributed by atoms with Crippen LogP contribution in [-0.2, 0) is 26.2 Å². The molecule has 1 aromatic carbocycles. The third-order valence-corrected chi connectivity index (χ3v) is 7.07. The monoisotopic (exact) mass is 447 g/mol. The Morgan fingerprint density at radius 2 is 1.81 bits per heavy atom. The molecule has 0 spiro atoms. The van der Waals surface area contributed by atoms with Crippen LogP contribution in [0.5, 0.6) is 5.75 Å². The molecule has 2 aromatic rings. The van der Waals surface area contributed by atoms with Crippen LogP contribution in [0, 0.1) is 5.92 Å². The van der Waals surface area contributed by atoms with Crippen molar-refractivity contribution >= 4 is 27.6 Å². The highest BCUT2D eigenvalue weighted by molar-refractivity contribution is 7.92. The Balaban J connectivity index is 1.61. The number of piperidine rings is 1. The van der Waals surface area contributed by atoms with E-state index in [1.54, 1.807) is 6.07 Å². The van der Waals surface area contributed by atoms with Gasteiger partial charge in [0.05, 0.1) is 12.0 Å². The molecule has 164 valence electrons. The van der Waals surface area contributed by atoms with E-state index < -0.39 is 27.5 Å². The molecule has 1 saturated heterocycles. The van der Waals surface area contributed by atoms with Crippen molar-refractivity contribution < 1.29 is 27.9 Å². The fraction of sp³-hybridized carbons (Fsp3) is 0.350. The molecule has 10 nitrogen and oxygen atoms in total. The van der Waals surface area contributed by atoms with Gasteiger partial charge in [0.15, 0.2) is 0 Å². The number of benzene rings is 1. The molecule has 1 aromatic heterocycles. The lowest BCUT2D eigenvalue weighted by molar-refractivity contribution is -0.157. The number of amides is 1. The molecule has 2 aliphatic heterocycles. The molecule has 31 heavy (non-hydrogen) atoms. The van der Waals surface area contributed by atoms with E-state index in [9.17, 15) is 22.8 Å². The highest BCUT2D eigenvalue weighted by Gasteiger charge is 2.38. The molecule has 2 atom stereocenters. The number of sulfonamides is 1. The minimum absolute atomic E-state index is 0.00452. The maximum Gasteiger partial charge on any atom is 0.394 e. The van der Waals surface area contributed by atoms with E-state index >= 15 is 0 Å². The van der Waals surface area contributed by atoms with Gasteiger partial charge in [-0.1, -0.05) is 0 Å². The zero-order valence-electron chi connectivity index (χ0n) is 16.6. The van der Waals surface area contributed by atoms with Gasteiger partial charge in [-0.15, -0.1) is 0 Å². The van der Waals surface area contributed by atoms with E-state index in [-0.39, 0.29) is 42.1 Å². The lowest BCUT2D eigenvalue weighted by atomic mass is 9.83. The summed E-state index contributed by atoms with van der Waals surface area (Å²) < 4.78 is 34.3. The number of nitrogens with one attached hydrogen (secondary N) is 1. The second-order valence-electron chi connectivity index (χ2n) is 7.68. The quantitative estimate of drug-likeness (QED) is 0.658. The van der Waals surface area contributed by atoms with Gasteiger partial charge < -0.3 is 19.3 Å². The van der Waals surface area contributed by atoms with Crippen LogP contribution in [0.2, 0.25) is 0 Å². The van der Waals surface area contributed by atoms with Crippen LogP contribution >= 0.6 is 0 Å². The molecule has 0 aliphatic carbocycles. The standard InChI is InChI=1S/C20H21N3O7S/c1-30-14-2-4-15(5-3-14)31(28,29)21-16-6-7-17-13-8-12(10-23(17)18(16)24)9-22(11-13)19(25)20(26)27/h2-7,12-13,21H,8-11H2,1H3,(H,26,27). The minimum atomic E-state index is -3.97. The van der Waals surface area contributed by atoms with Crippen molar-refractivity contribution in [3.05, 3.63) is 52.4 Å². The second-order valence-corrected chi connectivity index (χ2v) is 9.37. The first-order valence-electron chi connectivity index (χ1n) is 9.62. The number of rotatable bonds is 4. The lowest BCUT2D eigenvalue weighted by Crippen LogP contribution is -2.51. The topological polar surface area (TPSA) is 135 Å². The number of ether oxygens (including phenoxy) is 1. The number of carbonyl (C=O) groups excluding carboxylic acids is 1. The van der Waals surface area contributed by atoms with Gasteiger partial charge in [0.25, 0.3) is 15.6 Å². The number of aliphatic carboxylic acids is 1. The third kappa shape index (κ3) is 3.88.